The predicted molar refractivity (Wildman–Crippen MR) is 75.1 cm³/mol. The molecule has 2 N–H and O–H groups in total. The van der Waals surface area contributed by atoms with Gasteiger partial charge in [-0.1, -0.05) is 18.8 Å². The second kappa shape index (κ2) is 7.18. The summed E-state index contributed by atoms with van der Waals surface area (Å²) in [5, 5.41) is 11.4. The molecule has 0 aromatic heterocycles. The summed E-state index contributed by atoms with van der Waals surface area (Å²) >= 11 is 0. The van der Waals surface area contributed by atoms with Crippen molar-refractivity contribution in [2.45, 2.75) is 64.5 Å². The van der Waals surface area contributed by atoms with E-state index in [1.165, 1.54) is 12.8 Å². The summed E-state index contributed by atoms with van der Waals surface area (Å²) in [6.45, 7) is 5.17. The number of carboxylic acid groups (broad SMARTS) is 1. The van der Waals surface area contributed by atoms with E-state index in [1.54, 1.807) is 20.8 Å². The average Bonchev–Trinajstić information content (AvgIpc) is 2.77. The first-order valence-electron chi connectivity index (χ1n) is 6.98. The Morgan fingerprint density at radius 1 is 1.35 bits per heavy atom. The van der Waals surface area contributed by atoms with Crippen LogP contribution in [0.4, 0.5) is 4.79 Å². The number of carboxylic acids is 1. The van der Waals surface area contributed by atoms with Crippen LogP contribution in [0.15, 0.2) is 0 Å². The van der Waals surface area contributed by atoms with Gasteiger partial charge in [0.25, 0.3) is 0 Å². The van der Waals surface area contributed by atoms with Crippen LogP contribution in [0.2, 0.25) is 0 Å². The predicted octanol–water partition coefficient (Wildman–Crippen LogP) is 2.55. The fourth-order valence-corrected chi connectivity index (χ4v) is 2.03. The zero-order valence-electron chi connectivity index (χ0n) is 12.4. The molecule has 1 amide bonds. The van der Waals surface area contributed by atoms with Gasteiger partial charge in [-0.05, 0) is 33.6 Å². The quantitative estimate of drug-likeness (QED) is 0.779. The second-order valence-electron chi connectivity index (χ2n) is 6.04. The molecule has 1 atom stereocenters. The van der Waals surface area contributed by atoms with Crippen LogP contribution < -0.4 is 5.32 Å². The molecule has 0 saturated heterocycles. The first-order valence-corrected chi connectivity index (χ1v) is 6.98. The molecule has 0 heterocycles. The third-order valence-electron chi connectivity index (χ3n) is 2.96. The molecule has 0 bridgehead atoms. The smallest absolute Gasteiger partial charge is 0.408 e. The van der Waals surface area contributed by atoms with Gasteiger partial charge in [-0.2, -0.15) is 0 Å². The highest BCUT2D eigenvalue weighted by molar-refractivity contribution is 5.80. The Hall–Kier alpha value is -1.70. The summed E-state index contributed by atoms with van der Waals surface area (Å²) in [5.74, 6) is 5.24. The Labute approximate surface area is 120 Å². The molecule has 0 aromatic rings. The third-order valence-corrected chi connectivity index (χ3v) is 2.96. The molecular formula is C15H23NO4. The van der Waals surface area contributed by atoms with Crippen molar-refractivity contribution >= 4 is 12.1 Å². The highest BCUT2D eigenvalue weighted by atomic mass is 16.6. The maximum Gasteiger partial charge on any atom is 0.408 e. The van der Waals surface area contributed by atoms with Crippen molar-refractivity contribution in [3.05, 3.63) is 0 Å². The number of amides is 1. The normalized spacial score (nSPS) is 16.9. The molecule has 0 aromatic carbocycles. The van der Waals surface area contributed by atoms with Gasteiger partial charge in [0.15, 0.2) is 0 Å². The van der Waals surface area contributed by atoms with Gasteiger partial charge >= 0.3 is 12.1 Å². The van der Waals surface area contributed by atoms with Gasteiger partial charge in [0.2, 0.25) is 0 Å². The number of carbonyl (C=O) groups is 2. The van der Waals surface area contributed by atoms with Crippen LogP contribution in [0.3, 0.4) is 0 Å². The summed E-state index contributed by atoms with van der Waals surface area (Å²) in [7, 11) is 0. The number of alkyl carbamates (subject to hydrolysis) is 1. The highest BCUT2D eigenvalue weighted by Crippen LogP contribution is 2.23. The lowest BCUT2D eigenvalue weighted by molar-refractivity contribution is -0.139. The first kappa shape index (κ1) is 16.4. The van der Waals surface area contributed by atoms with E-state index in [4.69, 9.17) is 9.84 Å². The fraction of sp³-hybridized carbons (Fsp3) is 0.733. The highest BCUT2D eigenvalue weighted by Gasteiger charge is 2.23. The van der Waals surface area contributed by atoms with Crippen LogP contribution in [-0.4, -0.2) is 28.8 Å². The van der Waals surface area contributed by atoms with Crippen molar-refractivity contribution in [3.8, 4) is 11.8 Å². The summed E-state index contributed by atoms with van der Waals surface area (Å²) in [5.41, 5.74) is -0.650. The standard InChI is InChI=1S/C15H23NO4/c1-15(2,3)20-14(19)16-12(13(17)18)10-6-9-11-7-4-5-8-11/h11-12H,4-5,7-8,10H2,1-3H3,(H,16,19)(H,17,18)/t12-/m0/s1. The molecule has 5 nitrogen and oxygen atoms in total. The Bertz CT molecular complexity index is 408. The van der Waals surface area contributed by atoms with E-state index in [0.717, 1.165) is 12.8 Å². The van der Waals surface area contributed by atoms with Gasteiger partial charge in [0.05, 0.1) is 0 Å². The number of ether oxygens (including phenoxy) is 1. The molecule has 1 rings (SSSR count). The monoisotopic (exact) mass is 281 g/mol. The fourth-order valence-electron chi connectivity index (χ4n) is 2.03. The largest absolute Gasteiger partial charge is 0.480 e. The van der Waals surface area contributed by atoms with Crippen molar-refractivity contribution in [3.63, 3.8) is 0 Å². The Balaban J connectivity index is 2.47. The van der Waals surface area contributed by atoms with E-state index in [1.807, 2.05) is 0 Å². The number of nitrogens with one attached hydrogen (secondary N) is 1. The number of hydrogen-bond acceptors (Lipinski definition) is 3. The summed E-state index contributed by atoms with van der Waals surface area (Å²) in [4.78, 5) is 22.6. The molecule has 1 aliphatic carbocycles. The maximum atomic E-state index is 11.5. The molecule has 1 fully saturated rings. The maximum absolute atomic E-state index is 11.5. The van der Waals surface area contributed by atoms with Crippen LogP contribution >= 0.6 is 0 Å². The van der Waals surface area contributed by atoms with E-state index >= 15 is 0 Å². The van der Waals surface area contributed by atoms with E-state index in [2.05, 4.69) is 17.2 Å². The minimum Gasteiger partial charge on any atom is -0.480 e. The van der Waals surface area contributed by atoms with Gasteiger partial charge in [-0.3, -0.25) is 0 Å². The zero-order chi connectivity index (χ0) is 15.2. The molecule has 1 saturated carbocycles. The lowest BCUT2D eigenvalue weighted by Gasteiger charge is -2.21. The lowest BCUT2D eigenvalue weighted by Crippen LogP contribution is -2.43. The van der Waals surface area contributed by atoms with Crippen molar-refractivity contribution < 1.29 is 19.4 Å². The third kappa shape index (κ3) is 6.46. The molecular weight excluding hydrogens is 258 g/mol. The van der Waals surface area contributed by atoms with E-state index < -0.39 is 23.7 Å². The molecule has 112 valence electrons. The van der Waals surface area contributed by atoms with Crippen molar-refractivity contribution in [2.75, 3.05) is 0 Å². The van der Waals surface area contributed by atoms with Crippen molar-refractivity contribution in [1.29, 1.82) is 0 Å². The minimum atomic E-state index is -1.10. The molecule has 0 radical (unpaired) electrons. The van der Waals surface area contributed by atoms with Gasteiger partial charge < -0.3 is 15.2 Å². The Morgan fingerprint density at radius 3 is 2.45 bits per heavy atom. The van der Waals surface area contributed by atoms with Gasteiger partial charge in [0.1, 0.15) is 11.6 Å². The molecule has 0 unspecified atom stereocenters. The number of rotatable bonds is 3. The van der Waals surface area contributed by atoms with E-state index in [0.29, 0.717) is 5.92 Å². The Kier molecular flexibility index (Phi) is 5.87. The van der Waals surface area contributed by atoms with Gasteiger partial charge in [-0.15, -0.1) is 5.92 Å². The molecule has 20 heavy (non-hydrogen) atoms. The molecule has 0 aliphatic heterocycles. The van der Waals surface area contributed by atoms with Crippen LogP contribution in [0.1, 0.15) is 52.9 Å². The molecule has 5 heteroatoms. The second-order valence-corrected chi connectivity index (χ2v) is 6.04. The van der Waals surface area contributed by atoms with E-state index in [-0.39, 0.29) is 6.42 Å². The SMILES string of the molecule is CC(C)(C)OC(=O)N[C@@H](CC#CC1CCCC1)C(=O)O. The number of carbonyl (C=O) groups excluding carboxylic acids is 1. The summed E-state index contributed by atoms with van der Waals surface area (Å²) in [6.07, 6.45) is 3.93. The van der Waals surface area contributed by atoms with Crippen LogP contribution in [-0.2, 0) is 9.53 Å². The molecule has 0 spiro atoms. The molecule has 1 aliphatic rings. The zero-order valence-corrected chi connectivity index (χ0v) is 12.4. The summed E-state index contributed by atoms with van der Waals surface area (Å²) < 4.78 is 5.04. The average molecular weight is 281 g/mol. The van der Waals surface area contributed by atoms with Crippen LogP contribution in [0, 0.1) is 17.8 Å². The summed E-state index contributed by atoms with van der Waals surface area (Å²) in [6, 6.07) is -1.03. The minimum absolute atomic E-state index is 0.102. The number of hydrogen-bond donors (Lipinski definition) is 2. The first-order chi connectivity index (χ1) is 9.28. The van der Waals surface area contributed by atoms with Crippen molar-refractivity contribution in [1.82, 2.24) is 5.32 Å². The Morgan fingerprint density at radius 2 is 1.95 bits per heavy atom. The van der Waals surface area contributed by atoms with Crippen molar-refractivity contribution in [2.24, 2.45) is 5.92 Å². The van der Waals surface area contributed by atoms with E-state index in [9.17, 15) is 9.59 Å². The topological polar surface area (TPSA) is 75.6 Å². The van der Waals surface area contributed by atoms with Crippen LogP contribution in [0.25, 0.3) is 0 Å². The van der Waals surface area contributed by atoms with Gasteiger partial charge in [0, 0.05) is 12.3 Å². The lowest BCUT2D eigenvalue weighted by atomic mass is 10.1. The number of aliphatic carboxylic acids is 1. The van der Waals surface area contributed by atoms with Gasteiger partial charge in [-0.25, -0.2) is 9.59 Å². The van der Waals surface area contributed by atoms with Crippen LogP contribution in [0.5, 0.6) is 0 Å².